The number of carbonyl (C=O) groups excluding carboxylic acids is 2. The van der Waals surface area contributed by atoms with Crippen molar-refractivity contribution in [3.8, 4) is 5.75 Å². The van der Waals surface area contributed by atoms with E-state index >= 15 is 0 Å². The summed E-state index contributed by atoms with van der Waals surface area (Å²) in [5.41, 5.74) is 2.88. The molecule has 0 saturated heterocycles. The molecule has 1 aliphatic carbocycles. The third kappa shape index (κ3) is 8.33. The van der Waals surface area contributed by atoms with Crippen LogP contribution in [-0.4, -0.2) is 29.6 Å². The highest BCUT2D eigenvalue weighted by atomic mass is 32.1. The van der Waals surface area contributed by atoms with Gasteiger partial charge in [0.05, 0.1) is 6.61 Å². The van der Waals surface area contributed by atoms with Gasteiger partial charge in [-0.2, -0.15) is 0 Å². The summed E-state index contributed by atoms with van der Waals surface area (Å²) in [6.45, 7) is 8.41. The third-order valence-electron chi connectivity index (χ3n) is 6.71. The van der Waals surface area contributed by atoms with Gasteiger partial charge in [-0.25, -0.2) is 0 Å². The molecule has 1 saturated carbocycles. The standard InChI is InChI=1S/C29H39N3O3S/c1-20-14-15-21(2)25(18-20)35-17-9-16-29(3,4)27(34)32-28(36)31-24-13-8-10-22(19-24)26(33)30-23-11-6-5-7-12-23/h8,10,13-15,18-19,23H,5-7,9,11-12,16-17H2,1-4H3,(H,30,33)(H2,31,32,34,36). The van der Waals surface area contributed by atoms with Gasteiger partial charge in [0.2, 0.25) is 5.91 Å². The molecule has 0 aromatic heterocycles. The summed E-state index contributed by atoms with van der Waals surface area (Å²) < 4.78 is 5.93. The lowest BCUT2D eigenvalue weighted by molar-refractivity contribution is -0.128. The molecule has 3 N–H and O–H groups in total. The summed E-state index contributed by atoms with van der Waals surface area (Å²) in [5.74, 6) is 0.653. The molecule has 0 unspecified atom stereocenters. The van der Waals surface area contributed by atoms with Crippen molar-refractivity contribution in [1.82, 2.24) is 10.6 Å². The topological polar surface area (TPSA) is 79.5 Å². The van der Waals surface area contributed by atoms with Gasteiger partial charge in [0.15, 0.2) is 5.11 Å². The summed E-state index contributed by atoms with van der Waals surface area (Å²) >= 11 is 5.38. The van der Waals surface area contributed by atoms with Crippen LogP contribution in [0.15, 0.2) is 42.5 Å². The van der Waals surface area contributed by atoms with Gasteiger partial charge in [-0.15, -0.1) is 0 Å². The zero-order valence-electron chi connectivity index (χ0n) is 21.9. The van der Waals surface area contributed by atoms with Crippen molar-refractivity contribution in [3.05, 3.63) is 59.2 Å². The van der Waals surface area contributed by atoms with E-state index in [-0.39, 0.29) is 23.0 Å². The van der Waals surface area contributed by atoms with E-state index in [0.29, 0.717) is 24.3 Å². The molecule has 1 aliphatic rings. The van der Waals surface area contributed by atoms with Gasteiger partial charge in [0.1, 0.15) is 5.75 Å². The number of aryl methyl sites for hydroxylation is 2. The summed E-state index contributed by atoms with van der Waals surface area (Å²) in [6.07, 6.45) is 7.04. The maximum atomic E-state index is 12.9. The molecule has 0 aliphatic heterocycles. The van der Waals surface area contributed by atoms with Gasteiger partial charge in [-0.3, -0.25) is 9.59 Å². The monoisotopic (exact) mass is 509 g/mol. The van der Waals surface area contributed by atoms with Crippen LogP contribution in [0.5, 0.6) is 5.75 Å². The van der Waals surface area contributed by atoms with Crippen molar-refractivity contribution in [2.75, 3.05) is 11.9 Å². The lowest BCUT2D eigenvalue weighted by atomic mass is 9.87. The highest BCUT2D eigenvalue weighted by Gasteiger charge is 2.28. The molecule has 7 heteroatoms. The minimum Gasteiger partial charge on any atom is -0.493 e. The van der Waals surface area contributed by atoms with Crippen molar-refractivity contribution < 1.29 is 14.3 Å². The predicted octanol–water partition coefficient (Wildman–Crippen LogP) is 6.06. The minimum atomic E-state index is -0.613. The molecule has 1 fully saturated rings. The fourth-order valence-corrected chi connectivity index (χ4v) is 4.57. The fraction of sp³-hybridized carbons (Fsp3) is 0.483. The molecule has 36 heavy (non-hydrogen) atoms. The van der Waals surface area contributed by atoms with Crippen LogP contribution in [0.4, 0.5) is 5.69 Å². The summed E-state index contributed by atoms with van der Waals surface area (Å²) in [7, 11) is 0. The number of thiocarbonyl (C=S) groups is 1. The van der Waals surface area contributed by atoms with E-state index in [2.05, 4.69) is 28.1 Å². The van der Waals surface area contributed by atoms with Gasteiger partial charge in [0.25, 0.3) is 5.91 Å². The van der Waals surface area contributed by atoms with Crippen LogP contribution in [-0.2, 0) is 4.79 Å². The molecule has 3 rings (SSSR count). The van der Waals surface area contributed by atoms with Gasteiger partial charge in [-0.05, 0) is 87.1 Å². The lowest BCUT2D eigenvalue weighted by Gasteiger charge is -2.24. The number of nitrogens with one attached hydrogen (secondary N) is 3. The van der Waals surface area contributed by atoms with E-state index in [1.165, 1.54) is 6.42 Å². The molecular weight excluding hydrogens is 470 g/mol. The first-order valence-electron chi connectivity index (χ1n) is 12.9. The molecule has 2 aromatic carbocycles. The van der Waals surface area contributed by atoms with E-state index in [1.807, 2.05) is 45.9 Å². The second-order valence-electron chi connectivity index (χ2n) is 10.4. The van der Waals surface area contributed by atoms with Gasteiger partial charge in [-0.1, -0.05) is 51.3 Å². The lowest BCUT2D eigenvalue weighted by Crippen LogP contribution is -2.42. The highest BCUT2D eigenvalue weighted by molar-refractivity contribution is 7.80. The average Bonchev–Trinajstić information content (AvgIpc) is 2.84. The van der Waals surface area contributed by atoms with Crippen LogP contribution < -0.4 is 20.7 Å². The normalized spacial score (nSPS) is 14.1. The molecule has 2 aromatic rings. The molecule has 0 atom stereocenters. The van der Waals surface area contributed by atoms with Gasteiger partial charge in [0, 0.05) is 22.7 Å². The summed E-state index contributed by atoms with van der Waals surface area (Å²) in [6, 6.07) is 13.6. The van der Waals surface area contributed by atoms with Crippen LogP contribution in [0.25, 0.3) is 0 Å². The number of ether oxygens (including phenoxy) is 1. The zero-order chi connectivity index (χ0) is 26.1. The van der Waals surface area contributed by atoms with Crippen LogP contribution in [0.3, 0.4) is 0 Å². The van der Waals surface area contributed by atoms with Crippen LogP contribution in [0.2, 0.25) is 0 Å². The second-order valence-corrected chi connectivity index (χ2v) is 10.8. The van der Waals surface area contributed by atoms with E-state index in [0.717, 1.165) is 49.0 Å². The predicted molar refractivity (Wildman–Crippen MR) is 150 cm³/mol. The van der Waals surface area contributed by atoms with Gasteiger partial charge >= 0.3 is 0 Å². The Kier molecular flexibility index (Phi) is 9.88. The Hall–Kier alpha value is -2.93. The number of carbonyl (C=O) groups is 2. The number of anilines is 1. The second kappa shape index (κ2) is 12.9. The maximum Gasteiger partial charge on any atom is 0.251 e. The van der Waals surface area contributed by atoms with Gasteiger partial charge < -0.3 is 20.7 Å². The smallest absolute Gasteiger partial charge is 0.251 e. The van der Waals surface area contributed by atoms with E-state index in [1.54, 1.807) is 12.1 Å². The SMILES string of the molecule is Cc1ccc(C)c(OCCCC(C)(C)C(=O)NC(=S)Nc2cccc(C(=O)NC3CCCCC3)c2)c1. The molecular formula is C29H39N3O3S. The van der Waals surface area contributed by atoms with Crippen LogP contribution in [0.1, 0.15) is 80.3 Å². The Morgan fingerprint density at radius 3 is 2.56 bits per heavy atom. The first-order chi connectivity index (χ1) is 17.1. The molecule has 0 spiro atoms. The number of hydrogen-bond donors (Lipinski definition) is 3. The van der Waals surface area contributed by atoms with E-state index < -0.39 is 5.41 Å². The average molecular weight is 510 g/mol. The highest BCUT2D eigenvalue weighted by Crippen LogP contribution is 2.24. The zero-order valence-corrected chi connectivity index (χ0v) is 22.7. The Morgan fingerprint density at radius 2 is 1.81 bits per heavy atom. The van der Waals surface area contributed by atoms with Crippen molar-refractivity contribution in [3.63, 3.8) is 0 Å². The van der Waals surface area contributed by atoms with Crippen LogP contribution >= 0.6 is 12.2 Å². The molecule has 0 bridgehead atoms. The summed E-state index contributed by atoms with van der Waals surface area (Å²) in [5, 5.41) is 9.18. The molecule has 6 nitrogen and oxygen atoms in total. The minimum absolute atomic E-state index is 0.0790. The van der Waals surface area contributed by atoms with Crippen LogP contribution in [0, 0.1) is 19.3 Å². The summed E-state index contributed by atoms with van der Waals surface area (Å²) in [4.78, 5) is 25.5. The van der Waals surface area contributed by atoms with E-state index in [4.69, 9.17) is 17.0 Å². The quantitative estimate of drug-likeness (QED) is 0.283. The number of rotatable bonds is 9. The first-order valence-corrected chi connectivity index (χ1v) is 13.3. The van der Waals surface area contributed by atoms with E-state index in [9.17, 15) is 9.59 Å². The molecule has 2 amide bonds. The van der Waals surface area contributed by atoms with Crippen molar-refractivity contribution in [2.24, 2.45) is 5.41 Å². The third-order valence-corrected chi connectivity index (χ3v) is 6.92. The molecule has 0 heterocycles. The molecule has 0 radical (unpaired) electrons. The number of hydrogen-bond acceptors (Lipinski definition) is 4. The van der Waals surface area contributed by atoms with Crippen molar-refractivity contribution in [2.45, 2.75) is 78.7 Å². The Balaban J connectivity index is 1.45. The maximum absolute atomic E-state index is 12.9. The largest absolute Gasteiger partial charge is 0.493 e. The Labute approximate surface area is 220 Å². The Morgan fingerprint density at radius 1 is 1.06 bits per heavy atom. The van der Waals surface area contributed by atoms with Crippen molar-refractivity contribution >= 4 is 34.8 Å². The first kappa shape index (κ1) is 27.7. The fourth-order valence-electron chi connectivity index (χ4n) is 4.36. The number of benzene rings is 2. The molecule has 194 valence electrons. The Bertz CT molecular complexity index is 1080. The number of amides is 2. The van der Waals surface area contributed by atoms with Crippen molar-refractivity contribution in [1.29, 1.82) is 0 Å².